The SMILES string of the molecule is CC/C(C)=C(/C)C(=O)Nc1cccc(C(=O)N2CCCC(CO)C2)c1. The number of carbonyl (C=O) groups excluding carboxylic acids is 2. The van der Waals surface area contributed by atoms with Crippen LogP contribution in [0, 0.1) is 5.92 Å². The summed E-state index contributed by atoms with van der Waals surface area (Å²) < 4.78 is 0. The monoisotopic (exact) mass is 344 g/mol. The minimum Gasteiger partial charge on any atom is -0.396 e. The van der Waals surface area contributed by atoms with Crippen molar-refractivity contribution in [2.45, 2.75) is 40.0 Å². The number of piperidine rings is 1. The fourth-order valence-corrected chi connectivity index (χ4v) is 2.99. The molecule has 2 rings (SSSR count). The third-order valence-corrected chi connectivity index (χ3v) is 4.94. The van der Waals surface area contributed by atoms with Crippen LogP contribution in [0.3, 0.4) is 0 Å². The van der Waals surface area contributed by atoms with E-state index in [2.05, 4.69) is 5.32 Å². The lowest BCUT2D eigenvalue weighted by molar-refractivity contribution is -0.112. The van der Waals surface area contributed by atoms with Gasteiger partial charge in [0.15, 0.2) is 0 Å². The summed E-state index contributed by atoms with van der Waals surface area (Å²) in [5.41, 5.74) is 2.94. The molecule has 1 aromatic carbocycles. The topological polar surface area (TPSA) is 69.6 Å². The molecule has 1 atom stereocenters. The number of hydrogen-bond donors (Lipinski definition) is 2. The highest BCUT2D eigenvalue weighted by Crippen LogP contribution is 2.20. The number of anilines is 1. The molecule has 136 valence electrons. The second kappa shape index (κ2) is 8.81. The average Bonchev–Trinajstić information content (AvgIpc) is 2.66. The van der Waals surface area contributed by atoms with E-state index < -0.39 is 0 Å². The predicted octanol–water partition coefficient (Wildman–Crippen LogP) is 3.22. The molecule has 0 spiro atoms. The van der Waals surface area contributed by atoms with Gasteiger partial charge in [0, 0.05) is 36.5 Å². The molecule has 2 amide bonds. The lowest BCUT2D eigenvalue weighted by Crippen LogP contribution is -2.40. The Labute approximate surface area is 149 Å². The van der Waals surface area contributed by atoms with Crippen molar-refractivity contribution in [2.24, 2.45) is 5.92 Å². The molecule has 1 saturated heterocycles. The number of nitrogens with one attached hydrogen (secondary N) is 1. The number of nitrogens with zero attached hydrogens (tertiary/aromatic N) is 1. The summed E-state index contributed by atoms with van der Waals surface area (Å²) in [4.78, 5) is 26.8. The summed E-state index contributed by atoms with van der Waals surface area (Å²) in [6.07, 6.45) is 2.70. The zero-order valence-electron chi connectivity index (χ0n) is 15.3. The Hall–Kier alpha value is -2.14. The van der Waals surface area contributed by atoms with Gasteiger partial charge in [-0.2, -0.15) is 0 Å². The van der Waals surface area contributed by atoms with Gasteiger partial charge in [0.1, 0.15) is 0 Å². The highest BCUT2D eigenvalue weighted by atomic mass is 16.3. The molecule has 1 fully saturated rings. The summed E-state index contributed by atoms with van der Waals surface area (Å²) >= 11 is 0. The van der Waals surface area contributed by atoms with Gasteiger partial charge >= 0.3 is 0 Å². The lowest BCUT2D eigenvalue weighted by Gasteiger charge is -2.32. The van der Waals surface area contributed by atoms with Gasteiger partial charge < -0.3 is 15.3 Å². The van der Waals surface area contributed by atoms with Crippen LogP contribution in [-0.4, -0.2) is 41.5 Å². The summed E-state index contributed by atoms with van der Waals surface area (Å²) in [7, 11) is 0. The van der Waals surface area contributed by atoms with E-state index in [9.17, 15) is 14.7 Å². The largest absolute Gasteiger partial charge is 0.396 e. The normalized spacial score (nSPS) is 18.6. The number of amides is 2. The first-order chi connectivity index (χ1) is 12.0. The van der Waals surface area contributed by atoms with Crippen LogP contribution in [0.1, 0.15) is 50.4 Å². The first kappa shape index (κ1) is 19.2. The van der Waals surface area contributed by atoms with Gasteiger partial charge in [-0.3, -0.25) is 9.59 Å². The van der Waals surface area contributed by atoms with E-state index in [1.54, 1.807) is 29.2 Å². The molecule has 1 unspecified atom stereocenters. The maximum atomic E-state index is 12.7. The van der Waals surface area contributed by atoms with Gasteiger partial charge in [-0.15, -0.1) is 0 Å². The number of aliphatic hydroxyl groups is 1. The summed E-state index contributed by atoms with van der Waals surface area (Å²) in [5, 5.41) is 12.2. The molecule has 0 radical (unpaired) electrons. The zero-order chi connectivity index (χ0) is 18.4. The summed E-state index contributed by atoms with van der Waals surface area (Å²) in [6, 6.07) is 7.05. The highest BCUT2D eigenvalue weighted by Gasteiger charge is 2.24. The van der Waals surface area contributed by atoms with Crippen molar-refractivity contribution in [3.05, 3.63) is 41.0 Å². The number of rotatable bonds is 5. The van der Waals surface area contributed by atoms with Crippen LogP contribution in [0.4, 0.5) is 5.69 Å². The van der Waals surface area contributed by atoms with Crippen LogP contribution < -0.4 is 5.32 Å². The van der Waals surface area contributed by atoms with E-state index in [4.69, 9.17) is 0 Å². The molecular formula is C20H28N2O3. The van der Waals surface area contributed by atoms with Crippen LogP contribution in [0.15, 0.2) is 35.4 Å². The molecule has 2 N–H and O–H groups in total. The number of likely N-dealkylation sites (tertiary alicyclic amines) is 1. The molecule has 1 heterocycles. The Bertz CT molecular complexity index is 667. The summed E-state index contributed by atoms with van der Waals surface area (Å²) in [6.45, 7) is 7.19. The molecule has 25 heavy (non-hydrogen) atoms. The molecule has 1 aliphatic rings. The first-order valence-electron chi connectivity index (χ1n) is 8.94. The van der Waals surface area contributed by atoms with Gasteiger partial charge in [0.05, 0.1) is 0 Å². The van der Waals surface area contributed by atoms with E-state index in [1.165, 1.54) is 0 Å². The van der Waals surface area contributed by atoms with Crippen molar-refractivity contribution in [2.75, 3.05) is 25.0 Å². The minimum atomic E-state index is -0.137. The maximum Gasteiger partial charge on any atom is 0.253 e. The van der Waals surface area contributed by atoms with Gasteiger partial charge in [0.25, 0.3) is 11.8 Å². The Balaban J connectivity index is 2.10. The lowest BCUT2D eigenvalue weighted by atomic mass is 9.98. The van der Waals surface area contributed by atoms with Gasteiger partial charge in [-0.1, -0.05) is 18.6 Å². The fourth-order valence-electron chi connectivity index (χ4n) is 2.99. The van der Waals surface area contributed by atoms with Crippen LogP contribution in [0.2, 0.25) is 0 Å². The predicted molar refractivity (Wildman–Crippen MR) is 99.5 cm³/mol. The minimum absolute atomic E-state index is 0.0498. The highest BCUT2D eigenvalue weighted by molar-refractivity contribution is 6.04. The maximum absolute atomic E-state index is 12.7. The second-order valence-electron chi connectivity index (χ2n) is 6.74. The Morgan fingerprint density at radius 2 is 2.08 bits per heavy atom. The van der Waals surface area contributed by atoms with Crippen LogP contribution in [-0.2, 0) is 4.79 Å². The van der Waals surface area contributed by atoms with Gasteiger partial charge in [-0.25, -0.2) is 0 Å². The fraction of sp³-hybridized carbons (Fsp3) is 0.500. The quantitative estimate of drug-likeness (QED) is 0.806. The van der Waals surface area contributed by atoms with Gasteiger partial charge in [0.2, 0.25) is 0 Å². The van der Waals surface area contributed by atoms with E-state index >= 15 is 0 Å². The number of allylic oxidation sites excluding steroid dienone is 1. The van der Waals surface area contributed by atoms with Crippen molar-refractivity contribution >= 4 is 17.5 Å². The Morgan fingerprint density at radius 1 is 1.32 bits per heavy atom. The summed E-state index contributed by atoms with van der Waals surface area (Å²) in [5.74, 6) is -0.0288. The number of carbonyl (C=O) groups is 2. The van der Waals surface area contributed by atoms with Crippen molar-refractivity contribution in [3.63, 3.8) is 0 Å². The van der Waals surface area contributed by atoms with E-state index in [1.807, 2.05) is 20.8 Å². The van der Waals surface area contributed by atoms with E-state index in [0.29, 0.717) is 29.9 Å². The molecular weight excluding hydrogens is 316 g/mol. The van der Waals surface area contributed by atoms with Crippen molar-refractivity contribution in [3.8, 4) is 0 Å². The molecule has 1 aliphatic heterocycles. The standard InChI is InChI=1S/C20H28N2O3/c1-4-14(2)15(3)19(24)21-18-9-5-8-17(11-18)20(25)22-10-6-7-16(12-22)13-23/h5,8-9,11,16,23H,4,6-7,10,12-13H2,1-3H3,(H,21,24)/b15-14-. The van der Waals surface area contributed by atoms with Gasteiger partial charge in [-0.05, 0) is 57.2 Å². The van der Waals surface area contributed by atoms with E-state index in [0.717, 1.165) is 24.8 Å². The molecule has 0 aliphatic carbocycles. The molecule has 5 heteroatoms. The smallest absolute Gasteiger partial charge is 0.253 e. The zero-order valence-corrected chi connectivity index (χ0v) is 15.3. The van der Waals surface area contributed by atoms with Crippen LogP contribution >= 0.6 is 0 Å². The van der Waals surface area contributed by atoms with E-state index in [-0.39, 0.29) is 24.3 Å². The first-order valence-corrected chi connectivity index (χ1v) is 8.94. The third-order valence-electron chi connectivity index (χ3n) is 4.94. The number of aliphatic hydroxyl groups excluding tert-OH is 1. The molecule has 0 aromatic heterocycles. The average molecular weight is 344 g/mol. The Morgan fingerprint density at radius 3 is 2.76 bits per heavy atom. The number of hydrogen-bond acceptors (Lipinski definition) is 3. The Kier molecular flexibility index (Phi) is 6.76. The van der Waals surface area contributed by atoms with Crippen molar-refractivity contribution in [1.29, 1.82) is 0 Å². The molecule has 1 aromatic rings. The molecule has 0 bridgehead atoms. The molecule has 0 saturated carbocycles. The number of benzene rings is 1. The third kappa shape index (κ3) is 4.92. The molecule has 5 nitrogen and oxygen atoms in total. The van der Waals surface area contributed by atoms with Crippen LogP contribution in [0.5, 0.6) is 0 Å². The second-order valence-corrected chi connectivity index (χ2v) is 6.74. The van der Waals surface area contributed by atoms with Crippen molar-refractivity contribution in [1.82, 2.24) is 4.90 Å². The van der Waals surface area contributed by atoms with Crippen LogP contribution in [0.25, 0.3) is 0 Å². The van der Waals surface area contributed by atoms with Crippen molar-refractivity contribution < 1.29 is 14.7 Å².